The molecular formula is C21H20F3N3O3. The van der Waals surface area contributed by atoms with Gasteiger partial charge in [0.2, 0.25) is 0 Å². The zero-order valence-electron chi connectivity index (χ0n) is 16.6. The molecule has 0 aromatic heterocycles. The zero-order valence-corrected chi connectivity index (χ0v) is 16.6. The summed E-state index contributed by atoms with van der Waals surface area (Å²) in [5.74, 6) is -0.365. The lowest BCUT2D eigenvalue weighted by atomic mass is 9.87. The van der Waals surface area contributed by atoms with Gasteiger partial charge in [-0.1, -0.05) is 34.1 Å². The predicted octanol–water partition coefficient (Wildman–Crippen LogP) is 4.37. The second-order valence-corrected chi connectivity index (χ2v) is 7.09. The first-order chi connectivity index (χ1) is 14.1. The summed E-state index contributed by atoms with van der Waals surface area (Å²) in [5, 5.41) is 9.96. The molecule has 30 heavy (non-hydrogen) atoms. The van der Waals surface area contributed by atoms with Crippen LogP contribution in [0.25, 0.3) is 0 Å². The molecule has 1 unspecified atom stereocenters. The Hall–Kier alpha value is -3.36. The number of nitrogens with zero attached hydrogens (tertiary/aromatic N) is 2. The SMILES string of the molecule is CON=CNC(=O)c1ccc(C2=NOC(C)(c3cc(C)cc(C(F)(F)F)c3)C2)cc1. The van der Waals surface area contributed by atoms with Gasteiger partial charge in [0.05, 0.1) is 11.3 Å². The molecule has 2 aromatic rings. The number of carbonyl (C=O) groups excluding carboxylic acids is 1. The van der Waals surface area contributed by atoms with Crippen LogP contribution in [0.1, 0.15) is 46.0 Å². The molecule has 0 saturated heterocycles. The number of alkyl halides is 3. The highest BCUT2D eigenvalue weighted by molar-refractivity contribution is 6.04. The summed E-state index contributed by atoms with van der Waals surface area (Å²) in [7, 11) is 1.36. The highest BCUT2D eigenvalue weighted by atomic mass is 19.4. The van der Waals surface area contributed by atoms with Gasteiger partial charge >= 0.3 is 6.18 Å². The number of benzene rings is 2. The molecule has 3 rings (SSSR count). The van der Waals surface area contributed by atoms with E-state index in [1.54, 1.807) is 44.2 Å². The third-order valence-corrected chi connectivity index (χ3v) is 4.71. The van der Waals surface area contributed by atoms with Crippen LogP contribution in [0.4, 0.5) is 13.2 Å². The van der Waals surface area contributed by atoms with E-state index in [2.05, 4.69) is 20.5 Å². The van der Waals surface area contributed by atoms with Crippen LogP contribution in [0.3, 0.4) is 0 Å². The van der Waals surface area contributed by atoms with Crippen molar-refractivity contribution >= 4 is 18.0 Å². The molecule has 1 aliphatic heterocycles. The van der Waals surface area contributed by atoms with Crippen molar-refractivity contribution in [2.45, 2.75) is 32.0 Å². The fraction of sp³-hybridized carbons (Fsp3) is 0.286. The third kappa shape index (κ3) is 4.61. The number of hydrogen-bond acceptors (Lipinski definition) is 5. The maximum Gasteiger partial charge on any atom is 0.416 e. The monoisotopic (exact) mass is 419 g/mol. The lowest BCUT2D eigenvalue weighted by Gasteiger charge is -2.23. The van der Waals surface area contributed by atoms with Crippen LogP contribution < -0.4 is 5.32 Å². The summed E-state index contributed by atoms with van der Waals surface area (Å²) < 4.78 is 39.6. The molecule has 0 spiro atoms. The second kappa shape index (κ2) is 8.17. The van der Waals surface area contributed by atoms with E-state index in [0.29, 0.717) is 34.4 Å². The topological polar surface area (TPSA) is 72.3 Å². The second-order valence-electron chi connectivity index (χ2n) is 7.09. The predicted molar refractivity (Wildman–Crippen MR) is 105 cm³/mol. The zero-order chi connectivity index (χ0) is 21.9. The van der Waals surface area contributed by atoms with Crippen molar-refractivity contribution in [2.24, 2.45) is 10.3 Å². The molecule has 6 nitrogen and oxygen atoms in total. The molecule has 0 fully saturated rings. The van der Waals surface area contributed by atoms with E-state index < -0.39 is 17.3 Å². The van der Waals surface area contributed by atoms with Gasteiger partial charge in [-0.25, -0.2) is 0 Å². The van der Waals surface area contributed by atoms with Crippen molar-refractivity contribution < 1.29 is 27.6 Å². The Morgan fingerprint density at radius 1 is 1.27 bits per heavy atom. The maximum absolute atomic E-state index is 13.2. The number of oxime groups is 2. The van der Waals surface area contributed by atoms with Crippen LogP contribution >= 0.6 is 0 Å². The fourth-order valence-corrected chi connectivity index (χ4v) is 3.14. The Kier molecular flexibility index (Phi) is 5.82. The van der Waals surface area contributed by atoms with Crippen molar-refractivity contribution in [2.75, 3.05) is 7.11 Å². The van der Waals surface area contributed by atoms with Gasteiger partial charge in [-0.2, -0.15) is 13.2 Å². The van der Waals surface area contributed by atoms with E-state index in [4.69, 9.17) is 4.84 Å². The van der Waals surface area contributed by atoms with E-state index in [1.807, 2.05) is 0 Å². The molecule has 1 heterocycles. The molecule has 158 valence electrons. The Morgan fingerprint density at radius 2 is 1.97 bits per heavy atom. The van der Waals surface area contributed by atoms with Crippen LogP contribution in [0.15, 0.2) is 52.8 Å². The standard InChI is InChI=1S/C21H20F3N3O3/c1-13-8-16(10-17(9-13)21(22,23)24)20(2)11-18(27-30-20)14-4-6-15(7-5-14)19(28)25-12-26-29-3/h4-10,12H,11H2,1-3H3,(H,25,26,28). The lowest BCUT2D eigenvalue weighted by molar-refractivity contribution is -0.137. The van der Waals surface area contributed by atoms with Gasteiger partial charge < -0.3 is 15.0 Å². The summed E-state index contributed by atoms with van der Waals surface area (Å²) >= 11 is 0. The number of rotatable bonds is 5. The van der Waals surface area contributed by atoms with E-state index in [0.717, 1.165) is 18.5 Å². The van der Waals surface area contributed by atoms with Crippen molar-refractivity contribution in [3.8, 4) is 0 Å². The smallest absolute Gasteiger partial charge is 0.398 e. The first kappa shape index (κ1) is 21.4. The summed E-state index contributed by atoms with van der Waals surface area (Å²) in [6, 6.07) is 10.5. The molecule has 1 amide bonds. The van der Waals surface area contributed by atoms with Gasteiger partial charge in [0.1, 0.15) is 13.4 Å². The number of hydrogen-bond donors (Lipinski definition) is 1. The number of halogens is 3. The number of nitrogens with one attached hydrogen (secondary N) is 1. The van der Waals surface area contributed by atoms with Gasteiger partial charge in [-0.05, 0) is 49.2 Å². The number of carbonyl (C=O) groups is 1. The Bertz CT molecular complexity index is 1000. The minimum Gasteiger partial charge on any atom is -0.398 e. The molecule has 0 saturated carbocycles. The molecule has 2 aromatic carbocycles. The molecule has 9 heteroatoms. The van der Waals surface area contributed by atoms with Crippen LogP contribution in [-0.2, 0) is 21.5 Å². The van der Waals surface area contributed by atoms with Crippen LogP contribution in [0.5, 0.6) is 0 Å². The Morgan fingerprint density at radius 3 is 2.60 bits per heavy atom. The van der Waals surface area contributed by atoms with Crippen LogP contribution in [-0.4, -0.2) is 25.1 Å². The summed E-state index contributed by atoms with van der Waals surface area (Å²) in [4.78, 5) is 22.0. The number of amides is 1. The average Bonchev–Trinajstić information content (AvgIpc) is 3.11. The average molecular weight is 419 g/mol. The van der Waals surface area contributed by atoms with Crippen LogP contribution in [0.2, 0.25) is 0 Å². The highest BCUT2D eigenvalue weighted by Crippen LogP contribution is 2.39. The highest BCUT2D eigenvalue weighted by Gasteiger charge is 2.39. The minimum atomic E-state index is -4.44. The van der Waals surface area contributed by atoms with Crippen molar-refractivity contribution in [3.05, 3.63) is 70.3 Å². The van der Waals surface area contributed by atoms with Crippen LogP contribution in [0, 0.1) is 6.92 Å². The molecule has 0 bridgehead atoms. The van der Waals surface area contributed by atoms with E-state index >= 15 is 0 Å². The number of aryl methyl sites for hydroxylation is 1. The molecule has 1 aliphatic rings. The minimum absolute atomic E-state index is 0.291. The quantitative estimate of drug-likeness (QED) is 0.444. The van der Waals surface area contributed by atoms with Crippen molar-refractivity contribution in [1.82, 2.24) is 5.32 Å². The third-order valence-electron chi connectivity index (χ3n) is 4.71. The Labute approximate surface area is 171 Å². The van der Waals surface area contributed by atoms with E-state index in [9.17, 15) is 18.0 Å². The van der Waals surface area contributed by atoms with Gasteiger partial charge in [-0.15, -0.1) is 0 Å². The van der Waals surface area contributed by atoms with Crippen molar-refractivity contribution in [3.63, 3.8) is 0 Å². The summed E-state index contributed by atoms with van der Waals surface area (Å²) in [6.07, 6.45) is -3.02. The van der Waals surface area contributed by atoms with E-state index in [1.165, 1.54) is 7.11 Å². The fourth-order valence-electron chi connectivity index (χ4n) is 3.14. The van der Waals surface area contributed by atoms with E-state index in [-0.39, 0.29) is 5.91 Å². The normalized spacial score (nSPS) is 18.8. The molecule has 1 atom stereocenters. The first-order valence-electron chi connectivity index (χ1n) is 9.03. The Balaban J connectivity index is 1.77. The molecular weight excluding hydrogens is 399 g/mol. The maximum atomic E-state index is 13.2. The lowest BCUT2D eigenvalue weighted by Crippen LogP contribution is -2.23. The van der Waals surface area contributed by atoms with Gasteiger partial charge in [0.15, 0.2) is 5.60 Å². The largest absolute Gasteiger partial charge is 0.416 e. The van der Waals surface area contributed by atoms with Crippen molar-refractivity contribution in [1.29, 1.82) is 0 Å². The summed E-state index contributed by atoms with van der Waals surface area (Å²) in [6.45, 7) is 3.31. The first-order valence-corrected chi connectivity index (χ1v) is 9.03. The molecule has 0 aliphatic carbocycles. The molecule has 0 radical (unpaired) electrons. The summed E-state index contributed by atoms with van der Waals surface area (Å²) in [5.41, 5.74) is 0.853. The van der Waals surface area contributed by atoms with Gasteiger partial charge in [0.25, 0.3) is 5.91 Å². The molecule has 1 N–H and O–H groups in total. The van der Waals surface area contributed by atoms with Gasteiger partial charge in [-0.3, -0.25) is 4.79 Å². The van der Waals surface area contributed by atoms with Gasteiger partial charge in [0, 0.05) is 12.0 Å².